The van der Waals surface area contributed by atoms with Gasteiger partial charge in [0.2, 0.25) is 0 Å². The first-order chi connectivity index (χ1) is 11.5. The highest BCUT2D eigenvalue weighted by atomic mass is 16.5. The van der Waals surface area contributed by atoms with E-state index in [9.17, 15) is 0 Å². The fourth-order valence-electron chi connectivity index (χ4n) is 2.30. The van der Waals surface area contributed by atoms with E-state index < -0.39 is 0 Å². The molecular weight excluding hydrogens is 300 g/mol. The van der Waals surface area contributed by atoms with E-state index in [-0.39, 0.29) is 5.60 Å². The average molecular weight is 328 g/mol. The van der Waals surface area contributed by atoms with Crippen LogP contribution < -0.4 is 15.4 Å². The van der Waals surface area contributed by atoms with Crippen molar-refractivity contribution in [1.82, 2.24) is 15.2 Å². The maximum atomic E-state index is 6.03. The molecule has 0 bridgehead atoms. The molecule has 5 heteroatoms. The number of aliphatic imine (C=N–C) groups is 1. The molecule has 2 N–H and O–H groups in total. The van der Waals surface area contributed by atoms with Gasteiger partial charge in [0.05, 0.1) is 0 Å². The predicted molar refractivity (Wildman–Crippen MR) is 99.5 cm³/mol. The third-order valence-corrected chi connectivity index (χ3v) is 3.39. The van der Waals surface area contributed by atoms with Gasteiger partial charge >= 0.3 is 0 Å². The lowest BCUT2D eigenvalue weighted by molar-refractivity contribution is 0.129. The van der Waals surface area contributed by atoms with E-state index in [0.29, 0.717) is 6.54 Å². The molecule has 0 saturated heterocycles. The molecule has 24 heavy (non-hydrogen) atoms. The van der Waals surface area contributed by atoms with Gasteiger partial charge in [0.15, 0.2) is 5.96 Å². The summed E-state index contributed by atoms with van der Waals surface area (Å²) in [6, 6.07) is 12.1. The van der Waals surface area contributed by atoms with Crippen LogP contribution in [0.5, 0.6) is 5.75 Å². The molecule has 0 radical (unpaired) electrons. The lowest BCUT2D eigenvalue weighted by Crippen LogP contribution is -2.38. The summed E-state index contributed by atoms with van der Waals surface area (Å²) in [7, 11) is 1.78. The lowest BCUT2D eigenvalue weighted by atomic mass is 10.1. The zero-order valence-corrected chi connectivity index (χ0v) is 15.0. The summed E-state index contributed by atoms with van der Waals surface area (Å²) in [5.74, 6) is 1.69. The molecule has 0 fully saturated rings. The van der Waals surface area contributed by atoms with E-state index in [4.69, 9.17) is 4.74 Å². The summed E-state index contributed by atoms with van der Waals surface area (Å²) in [4.78, 5) is 4.27. The quantitative estimate of drug-likeness (QED) is 0.633. The van der Waals surface area contributed by atoms with Gasteiger partial charge in [-0.2, -0.15) is 0 Å². The summed E-state index contributed by atoms with van der Waals surface area (Å²) in [5.41, 5.74) is 0.896. The molecule has 0 aliphatic rings. The molecule has 0 aliphatic heterocycles. The maximum absolute atomic E-state index is 6.03. The Labute approximate surface area is 144 Å². The monoisotopic (exact) mass is 328 g/mol. The molecule has 0 unspecified atom stereocenters. The Kier molecular flexibility index (Phi) is 6.29. The van der Waals surface area contributed by atoms with Crippen LogP contribution in [0.25, 0.3) is 0 Å². The van der Waals surface area contributed by atoms with Crippen molar-refractivity contribution in [2.75, 3.05) is 13.6 Å². The lowest BCUT2D eigenvalue weighted by Gasteiger charge is -2.23. The average Bonchev–Trinajstić information content (AvgIpc) is 3.04. The van der Waals surface area contributed by atoms with Crippen LogP contribution in [0.2, 0.25) is 0 Å². The number of para-hydroxylation sites is 1. The molecular formula is C19H28N4O. The minimum Gasteiger partial charge on any atom is -0.488 e. The van der Waals surface area contributed by atoms with Gasteiger partial charge in [-0.05, 0) is 39.0 Å². The fraction of sp³-hybridized carbons (Fsp3) is 0.421. The second-order valence-electron chi connectivity index (χ2n) is 6.60. The Balaban J connectivity index is 1.86. The van der Waals surface area contributed by atoms with Crippen molar-refractivity contribution in [3.05, 3.63) is 54.4 Å². The Bertz CT molecular complexity index is 642. The smallest absolute Gasteiger partial charge is 0.191 e. The highest BCUT2D eigenvalue weighted by Crippen LogP contribution is 2.22. The standard InChI is InChI=1S/C19H28N4O/c1-19(2,3)24-17-10-6-5-9-16(17)15-22-18(20-4)21-11-14-23-12-7-8-13-23/h5-10,12-13H,11,14-15H2,1-4H3,(H2,20,21,22). The molecule has 1 heterocycles. The van der Waals surface area contributed by atoms with Crippen molar-refractivity contribution in [3.63, 3.8) is 0 Å². The first kappa shape index (κ1) is 17.9. The summed E-state index contributed by atoms with van der Waals surface area (Å²) in [6.07, 6.45) is 4.11. The first-order valence-corrected chi connectivity index (χ1v) is 8.30. The minimum absolute atomic E-state index is 0.215. The first-order valence-electron chi connectivity index (χ1n) is 8.30. The third-order valence-electron chi connectivity index (χ3n) is 3.39. The van der Waals surface area contributed by atoms with E-state index in [2.05, 4.69) is 59.4 Å². The molecule has 2 rings (SSSR count). The van der Waals surface area contributed by atoms with E-state index in [1.807, 2.05) is 30.3 Å². The van der Waals surface area contributed by atoms with Crippen molar-refractivity contribution in [2.24, 2.45) is 4.99 Å². The van der Waals surface area contributed by atoms with Crippen LogP contribution in [0, 0.1) is 0 Å². The van der Waals surface area contributed by atoms with Crippen LogP contribution >= 0.6 is 0 Å². The highest BCUT2D eigenvalue weighted by molar-refractivity contribution is 5.79. The van der Waals surface area contributed by atoms with Crippen LogP contribution in [0.15, 0.2) is 53.8 Å². The molecule has 2 aromatic rings. The van der Waals surface area contributed by atoms with Gasteiger partial charge in [-0.25, -0.2) is 0 Å². The fourth-order valence-corrected chi connectivity index (χ4v) is 2.30. The van der Waals surface area contributed by atoms with Gasteiger partial charge in [0, 0.05) is 44.6 Å². The number of benzene rings is 1. The Hall–Kier alpha value is -2.43. The zero-order chi connectivity index (χ0) is 17.4. The SMILES string of the molecule is CN=C(NCCn1cccc1)NCc1ccccc1OC(C)(C)C. The second-order valence-corrected chi connectivity index (χ2v) is 6.60. The summed E-state index contributed by atoms with van der Waals surface area (Å²) in [6.45, 7) is 8.54. The number of ether oxygens (including phenoxy) is 1. The molecule has 1 aromatic heterocycles. The topological polar surface area (TPSA) is 50.6 Å². The van der Waals surface area contributed by atoms with E-state index in [1.165, 1.54) is 0 Å². The van der Waals surface area contributed by atoms with Crippen molar-refractivity contribution in [1.29, 1.82) is 0 Å². The molecule has 1 aromatic carbocycles. The Morgan fingerprint density at radius 1 is 1.08 bits per heavy atom. The molecule has 0 spiro atoms. The number of hydrogen-bond donors (Lipinski definition) is 2. The van der Waals surface area contributed by atoms with Crippen LogP contribution in [0.3, 0.4) is 0 Å². The molecule has 0 atom stereocenters. The van der Waals surface area contributed by atoms with Crippen molar-refractivity contribution >= 4 is 5.96 Å². The van der Waals surface area contributed by atoms with Crippen LogP contribution in [0.1, 0.15) is 26.3 Å². The van der Waals surface area contributed by atoms with Crippen molar-refractivity contribution < 1.29 is 4.74 Å². The summed E-state index contributed by atoms with van der Waals surface area (Å²) < 4.78 is 8.16. The number of hydrogen-bond acceptors (Lipinski definition) is 2. The van der Waals surface area contributed by atoms with Gasteiger partial charge < -0.3 is 19.9 Å². The second kappa shape index (κ2) is 8.43. The van der Waals surface area contributed by atoms with E-state index >= 15 is 0 Å². The zero-order valence-electron chi connectivity index (χ0n) is 15.0. The number of aromatic nitrogens is 1. The van der Waals surface area contributed by atoms with Crippen LogP contribution in [-0.2, 0) is 13.1 Å². The number of rotatable bonds is 6. The Morgan fingerprint density at radius 2 is 1.79 bits per heavy atom. The molecule has 5 nitrogen and oxygen atoms in total. The third kappa shape index (κ3) is 5.99. The van der Waals surface area contributed by atoms with Crippen LogP contribution in [0.4, 0.5) is 0 Å². The molecule has 0 saturated carbocycles. The van der Waals surface area contributed by atoms with Gasteiger partial charge in [-0.3, -0.25) is 4.99 Å². The summed E-state index contributed by atoms with van der Waals surface area (Å²) >= 11 is 0. The molecule has 130 valence electrons. The van der Waals surface area contributed by atoms with Gasteiger partial charge in [0.1, 0.15) is 11.4 Å². The van der Waals surface area contributed by atoms with Gasteiger partial charge in [-0.15, -0.1) is 0 Å². The van der Waals surface area contributed by atoms with E-state index in [1.54, 1.807) is 7.05 Å². The van der Waals surface area contributed by atoms with Gasteiger partial charge in [0.25, 0.3) is 0 Å². The molecule has 0 amide bonds. The predicted octanol–water partition coefficient (Wildman–Crippen LogP) is 3.03. The Morgan fingerprint density at radius 3 is 2.46 bits per heavy atom. The highest BCUT2D eigenvalue weighted by Gasteiger charge is 2.14. The summed E-state index contributed by atoms with van der Waals surface area (Å²) in [5, 5.41) is 6.66. The van der Waals surface area contributed by atoms with E-state index in [0.717, 1.165) is 30.4 Å². The molecule has 0 aliphatic carbocycles. The number of guanidine groups is 1. The normalized spacial score (nSPS) is 12.1. The number of nitrogens with one attached hydrogen (secondary N) is 2. The van der Waals surface area contributed by atoms with Crippen molar-refractivity contribution in [2.45, 2.75) is 39.5 Å². The van der Waals surface area contributed by atoms with Gasteiger partial charge in [-0.1, -0.05) is 18.2 Å². The van der Waals surface area contributed by atoms with Crippen LogP contribution in [-0.4, -0.2) is 29.7 Å². The maximum Gasteiger partial charge on any atom is 0.191 e. The largest absolute Gasteiger partial charge is 0.488 e. The minimum atomic E-state index is -0.215. The van der Waals surface area contributed by atoms with Crippen molar-refractivity contribution in [3.8, 4) is 5.75 Å². The number of nitrogens with zero attached hydrogens (tertiary/aromatic N) is 2.